The standard InChI is InChI=1S/C30H34N4O/c1-21-18-29(32-27-14-9-23(10-15-27)6-5-17-31)28-19-26(13-16-30(28)34(21)22(2)35)25-11-7-24(8-12-25)20-33(3)4/h7-16,19,21,29,32H,17-18,20,31H2,1-4H3/t21-,29+/m0/s1. The highest BCUT2D eigenvalue weighted by Crippen LogP contribution is 2.41. The number of rotatable bonds is 5. The van der Waals surface area contributed by atoms with Crippen LogP contribution in [0, 0.1) is 11.8 Å². The molecule has 1 heterocycles. The molecular formula is C30H34N4O. The van der Waals surface area contributed by atoms with Gasteiger partial charge in [0.2, 0.25) is 5.91 Å². The fourth-order valence-corrected chi connectivity index (χ4v) is 4.83. The maximum absolute atomic E-state index is 12.5. The minimum absolute atomic E-state index is 0.0702. The van der Waals surface area contributed by atoms with Gasteiger partial charge in [0.1, 0.15) is 0 Å². The van der Waals surface area contributed by atoms with Gasteiger partial charge >= 0.3 is 0 Å². The van der Waals surface area contributed by atoms with Crippen LogP contribution in [0.4, 0.5) is 11.4 Å². The molecule has 2 atom stereocenters. The summed E-state index contributed by atoms with van der Waals surface area (Å²) in [6.45, 7) is 5.02. The first-order chi connectivity index (χ1) is 16.9. The van der Waals surface area contributed by atoms with E-state index in [1.54, 1.807) is 6.92 Å². The summed E-state index contributed by atoms with van der Waals surface area (Å²) in [5.74, 6) is 6.03. The lowest BCUT2D eigenvalue weighted by atomic mass is 9.88. The first-order valence-electron chi connectivity index (χ1n) is 12.1. The monoisotopic (exact) mass is 466 g/mol. The lowest BCUT2D eigenvalue weighted by molar-refractivity contribution is -0.117. The number of benzene rings is 3. The third-order valence-electron chi connectivity index (χ3n) is 6.37. The molecule has 0 saturated heterocycles. The van der Waals surface area contributed by atoms with Crippen molar-refractivity contribution in [2.75, 3.05) is 30.9 Å². The van der Waals surface area contributed by atoms with Crippen LogP contribution >= 0.6 is 0 Å². The number of nitrogens with two attached hydrogens (primary N) is 1. The van der Waals surface area contributed by atoms with Gasteiger partial charge in [-0.05, 0) is 86.1 Å². The van der Waals surface area contributed by atoms with Crippen LogP contribution in [-0.4, -0.2) is 37.5 Å². The highest BCUT2D eigenvalue weighted by Gasteiger charge is 2.32. The summed E-state index contributed by atoms with van der Waals surface area (Å²) in [5, 5.41) is 3.70. The van der Waals surface area contributed by atoms with Crippen LogP contribution in [0.3, 0.4) is 0 Å². The Morgan fingerprint density at radius 3 is 2.37 bits per heavy atom. The summed E-state index contributed by atoms with van der Waals surface area (Å²) in [6.07, 6.45) is 0.826. The number of fused-ring (bicyclic) bond motifs is 1. The molecule has 35 heavy (non-hydrogen) atoms. The number of carbonyl (C=O) groups is 1. The van der Waals surface area contributed by atoms with E-state index in [2.05, 4.69) is 97.7 Å². The third-order valence-corrected chi connectivity index (χ3v) is 6.37. The van der Waals surface area contributed by atoms with E-state index in [9.17, 15) is 4.79 Å². The van der Waals surface area contributed by atoms with Gasteiger partial charge in [0.25, 0.3) is 0 Å². The van der Waals surface area contributed by atoms with Crippen molar-refractivity contribution in [2.45, 2.75) is 38.9 Å². The fraction of sp³-hybridized carbons (Fsp3) is 0.300. The van der Waals surface area contributed by atoms with Crippen LogP contribution in [0.5, 0.6) is 0 Å². The van der Waals surface area contributed by atoms with E-state index in [1.165, 1.54) is 11.1 Å². The lowest BCUT2D eigenvalue weighted by Gasteiger charge is -2.39. The molecule has 5 heteroatoms. The van der Waals surface area contributed by atoms with E-state index >= 15 is 0 Å². The Morgan fingerprint density at radius 1 is 1.06 bits per heavy atom. The first kappa shape index (κ1) is 24.5. The summed E-state index contributed by atoms with van der Waals surface area (Å²) in [5.41, 5.74) is 13.2. The van der Waals surface area contributed by atoms with E-state index in [0.29, 0.717) is 6.54 Å². The summed E-state index contributed by atoms with van der Waals surface area (Å²) in [4.78, 5) is 16.6. The molecule has 0 saturated carbocycles. The molecule has 0 spiro atoms. The van der Waals surface area contributed by atoms with Crippen molar-refractivity contribution in [2.24, 2.45) is 5.73 Å². The molecule has 1 amide bonds. The second-order valence-electron chi connectivity index (χ2n) is 9.46. The van der Waals surface area contributed by atoms with E-state index < -0.39 is 0 Å². The molecule has 0 fully saturated rings. The Labute approximate surface area is 208 Å². The van der Waals surface area contributed by atoms with Crippen LogP contribution in [0.15, 0.2) is 66.7 Å². The Bertz CT molecular complexity index is 1240. The number of carbonyl (C=O) groups excluding carboxylic acids is 1. The molecule has 4 rings (SSSR count). The highest BCUT2D eigenvalue weighted by atomic mass is 16.2. The number of nitrogens with one attached hydrogen (secondary N) is 1. The van der Waals surface area contributed by atoms with Crippen LogP contribution < -0.4 is 16.0 Å². The predicted octanol–water partition coefficient (Wildman–Crippen LogP) is 5.02. The average Bonchev–Trinajstić information content (AvgIpc) is 2.83. The molecule has 0 unspecified atom stereocenters. The molecule has 0 radical (unpaired) electrons. The van der Waals surface area contributed by atoms with Crippen molar-refractivity contribution in [1.82, 2.24) is 4.90 Å². The molecular weight excluding hydrogens is 432 g/mol. The second kappa shape index (κ2) is 10.8. The summed E-state index contributed by atoms with van der Waals surface area (Å²) in [7, 11) is 4.15. The van der Waals surface area contributed by atoms with Crippen LogP contribution in [0.25, 0.3) is 11.1 Å². The van der Waals surface area contributed by atoms with Gasteiger partial charge in [0.05, 0.1) is 12.6 Å². The van der Waals surface area contributed by atoms with Gasteiger partial charge in [-0.25, -0.2) is 0 Å². The van der Waals surface area contributed by atoms with Gasteiger partial charge < -0.3 is 20.9 Å². The summed E-state index contributed by atoms with van der Waals surface area (Å²) < 4.78 is 0. The molecule has 180 valence electrons. The van der Waals surface area contributed by atoms with Crippen molar-refractivity contribution >= 4 is 17.3 Å². The molecule has 3 N–H and O–H groups in total. The fourth-order valence-electron chi connectivity index (χ4n) is 4.83. The average molecular weight is 467 g/mol. The van der Waals surface area contributed by atoms with Crippen LogP contribution in [0.2, 0.25) is 0 Å². The molecule has 1 aliphatic heterocycles. The molecule has 3 aromatic rings. The predicted molar refractivity (Wildman–Crippen MR) is 145 cm³/mol. The van der Waals surface area contributed by atoms with Crippen molar-refractivity contribution < 1.29 is 4.79 Å². The topological polar surface area (TPSA) is 61.6 Å². The number of nitrogens with zero attached hydrogens (tertiary/aromatic N) is 2. The maximum atomic E-state index is 12.5. The Morgan fingerprint density at radius 2 is 1.74 bits per heavy atom. The van der Waals surface area contributed by atoms with Crippen LogP contribution in [-0.2, 0) is 11.3 Å². The molecule has 0 aromatic heterocycles. The molecule has 1 aliphatic rings. The molecule has 3 aromatic carbocycles. The van der Waals surface area contributed by atoms with Gasteiger partial charge in [0, 0.05) is 36.4 Å². The molecule has 0 aliphatic carbocycles. The van der Waals surface area contributed by atoms with Gasteiger partial charge in [-0.15, -0.1) is 0 Å². The number of hydrogen-bond acceptors (Lipinski definition) is 4. The Balaban J connectivity index is 1.67. The minimum atomic E-state index is 0.0702. The van der Waals surface area contributed by atoms with Gasteiger partial charge in [-0.2, -0.15) is 0 Å². The molecule has 0 bridgehead atoms. The number of amides is 1. The van der Waals surface area contributed by atoms with E-state index in [1.807, 2.05) is 17.0 Å². The smallest absolute Gasteiger partial charge is 0.224 e. The molecule has 5 nitrogen and oxygen atoms in total. The Kier molecular flexibility index (Phi) is 7.55. The van der Waals surface area contributed by atoms with Crippen molar-refractivity contribution in [1.29, 1.82) is 0 Å². The number of hydrogen-bond donors (Lipinski definition) is 2. The van der Waals surface area contributed by atoms with Gasteiger partial charge in [0.15, 0.2) is 0 Å². The zero-order chi connectivity index (χ0) is 24.9. The first-order valence-corrected chi connectivity index (χ1v) is 12.1. The Hall–Kier alpha value is -3.59. The summed E-state index contributed by atoms with van der Waals surface area (Å²) in [6, 6.07) is 23.5. The quantitative estimate of drug-likeness (QED) is 0.518. The van der Waals surface area contributed by atoms with Crippen LogP contribution in [0.1, 0.15) is 43.0 Å². The SMILES string of the molecule is CC(=O)N1c2ccc(-c3ccc(CN(C)C)cc3)cc2[C@H](Nc2ccc(C#CCN)cc2)C[C@@H]1C. The summed E-state index contributed by atoms with van der Waals surface area (Å²) >= 11 is 0. The number of anilines is 2. The highest BCUT2D eigenvalue weighted by molar-refractivity contribution is 5.94. The largest absolute Gasteiger partial charge is 0.378 e. The normalized spacial score (nSPS) is 16.9. The van der Waals surface area contributed by atoms with Crippen molar-refractivity contribution in [3.8, 4) is 23.0 Å². The lowest BCUT2D eigenvalue weighted by Crippen LogP contribution is -2.43. The van der Waals surface area contributed by atoms with E-state index in [4.69, 9.17) is 5.73 Å². The second-order valence-corrected chi connectivity index (χ2v) is 9.46. The van der Waals surface area contributed by atoms with Gasteiger partial charge in [-0.3, -0.25) is 4.79 Å². The minimum Gasteiger partial charge on any atom is -0.378 e. The van der Waals surface area contributed by atoms with Gasteiger partial charge in [-0.1, -0.05) is 42.2 Å². The van der Waals surface area contributed by atoms with Crippen molar-refractivity contribution in [3.63, 3.8) is 0 Å². The zero-order valence-corrected chi connectivity index (χ0v) is 21.0. The van der Waals surface area contributed by atoms with Crippen molar-refractivity contribution in [3.05, 3.63) is 83.4 Å². The van der Waals surface area contributed by atoms with E-state index in [-0.39, 0.29) is 18.0 Å². The zero-order valence-electron chi connectivity index (χ0n) is 21.0. The third kappa shape index (κ3) is 5.74. The van der Waals surface area contributed by atoms with E-state index in [0.717, 1.165) is 41.0 Å². The maximum Gasteiger partial charge on any atom is 0.224 e.